The Hall–Kier alpha value is -1.07. The van der Waals surface area contributed by atoms with Crippen molar-refractivity contribution in [2.75, 3.05) is 26.0 Å². The number of carbonyl (C=O) groups is 1. The minimum absolute atomic E-state index is 0.102. The molecule has 1 fully saturated rings. The average Bonchev–Trinajstić information content (AvgIpc) is 2.34. The first-order valence-corrected chi connectivity index (χ1v) is 7.20. The lowest BCUT2D eigenvalue weighted by atomic mass is 9.68. The van der Waals surface area contributed by atoms with Crippen LogP contribution in [0.15, 0.2) is 22.7 Å². The van der Waals surface area contributed by atoms with Gasteiger partial charge < -0.3 is 15.4 Å². The molecule has 0 aromatic heterocycles. The standard InChI is InChI=1S/C14H19BrN2O2/c1-16-9-14(6-3-7-14)13(18)17-10-4-5-12(19-2)11(15)8-10/h4-5,8,16H,3,6-7,9H2,1-2H3,(H,17,18). The lowest BCUT2D eigenvalue weighted by Crippen LogP contribution is -2.48. The first-order valence-electron chi connectivity index (χ1n) is 6.41. The first kappa shape index (κ1) is 14.3. The molecule has 0 radical (unpaired) electrons. The number of benzene rings is 1. The van der Waals surface area contributed by atoms with Crippen molar-refractivity contribution in [2.45, 2.75) is 19.3 Å². The maximum atomic E-state index is 12.4. The molecule has 0 spiro atoms. The Labute approximate surface area is 122 Å². The number of halogens is 1. The molecule has 0 heterocycles. The summed E-state index contributed by atoms with van der Waals surface area (Å²) in [5, 5.41) is 6.11. The number of amides is 1. The van der Waals surface area contributed by atoms with Gasteiger partial charge in [0.2, 0.25) is 5.91 Å². The van der Waals surface area contributed by atoms with Crippen molar-refractivity contribution in [3.63, 3.8) is 0 Å². The van der Waals surface area contributed by atoms with Gasteiger partial charge in [-0.2, -0.15) is 0 Å². The van der Waals surface area contributed by atoms with E-state index >= 15 is 0 Å². The monoisotopic (exact) mass is 326 g/mol. The maximum absolute atomic E-state index is 12.4. The summed E-state index contributed by atoms with van der Waals surface area (Å²) in [4.78, 5) is 12.4. The van der Waals surface area contributed by atoms with Crippen LogP contribution in [-0.2, 0) is 4.79 Å². The molecule has 0 bridgehead atoms. The summed E-state index contributed by atoms with van der Waals surface area (Å²) in [7, 11) is 3.51. The number of carbonyl (C=O) groups excluding carboxylic acids is 1. The zero-order chi connectivity index (χ0) is 13.9. The first-order chi connectivity index (χ1) is 9.11. The highest BCUT2D eigenvalue weighted by Crippen LogP contribution is 2.41. The summed E-state index contributed by atoms with van der Waals surface area (Å²) in [6.45, 7) is 0.732. The van der Waals surface area contributed by atoms with E-state index in [1.54, 1.807) is 7.11 Å². The maximum Gasteiger partial charge on any atom is 0.231 e. The van der Waals surface area contributed by atoms with Crippen molar-refractivity contribution in [1.82, 2.24) is 5.32 Å². The van der Waals surface area contributed by atoms with Gasteiger partial charge in [0, 0.05) is 12.2 Å². The molecule has 5 heteroatoms. The number of methoxy groups -OCH3 is 1. The third-order valence-corrected chi connectivity index (χ3v) is 4.34. The summed E-state index contributed by atoms with van der Waals surface area (Å²) in [5.41, 5.74) is 0.557. The van der Waals surface area contributed by atoms with Crippen LogP contribution in [0.1, 0.15) is 19.3 Å². The predicted molar refractivity (Wildman–Crippen MR) is 79.5 cm³/mol. The van der Waals surface area contributed by atoms with Gasteiger partial charge in [-0.3, -0.25) is 4.79 Å². The van der Waals surface area contributed by atoms with E-state index in [0.717, 1.165) is 41.7 Å². The normalized spacial score (nSPS) is 16.6. The Balaban J connectivity index is 2.08. The molecule has 1 aliphatic carbocycles. The van der Waals surface area contributed by atoms with E-state index in [9.17, 15) is 4.79 Å². The van der Waals surface area contributed by atoms with Crippen molar-refractivity contribution in [3.05, 3.63) is 22.7 Å². The molecule has 0 aliphatic heterocycles. The third-order valence-electron chi connectivity index (χ3n) is 3.72. The van der Waals surface area contributed by atoms with Gasteiger partial charge in [0.15, 0.2) is 0 Å². The van der Waals surface area contributed by atoms with Gasteiger partial charge in [-0.15, -0.1) is 0 Å². The molecule has 0 saturated heterocycles. The zero-order valence-electron chi connectivity index (χ0n) is 11.3. The van der Waals surface area contributed by atoms with Crippen molar-refractivity contribution in [2.24, 2.45) is 5.41 Å². The van der Waals surface area contributed by atoms with Crippen LogP contribution in [0.4, 0.5) is 5.69 Å². The van der Waals surface area contributed by atoms with Crippen LogP contribution in [0.5, 0.6) is 5.75 Å². The molecule has 0 unspecified atom stereocenters. The third kappa shape index (κ3) is 2.92. The second-order valence-electron chi connectivity index (χ2n) is 4.97. The quantitative estimate of drug-likeness (QED) is 0.874. The van der Waals surface area contributed by atoms with Gasteiger partial charge in [-0.1, -0.05) is 6.42 Å². The Morgan fingerprint density at radius 1 is 1.47 bits per heavy atom. The number of anilines is 1. The lowest BCUT2D eigenvalue weighted by molar-refractivity contribution is -0.129. The molecule has 0 atom stereocenters. The molecule has 1 aromatic carbocycles. The number of ether oxygens (including phenoxy) is 1. The predicted octanol–water partition coefficient (Wildman–Crippen LogP) is 2.79. The Morgan fingerprint density at radius 2 is 2.21 bits per heavy atom. The Kier molecular flexibility index (Phi) is 4.47. The fourth-order valence-corrected chi connectivity index (χ4v) is 2.97. The second-order valence-corrected chi connectivity index (χ2v) is 5.82. The van der Waals surface area contributed by atoms with E-state index in [1.165, 1.54) is 0 Å². The average molecular weight is 327 g/mol. The highest BCUT2D eigenvalue weighted by Gasteiger charge is 2.43. The number of hydrogen-bond donors (Lipinski definition) is 2. The summed E-state index contributed by atoms with van der Waals surface area (Å²) >= 11 is 3.42. The van der Waals surface area contributed by atoms with Crippen LogP contribution in [0.3, 0.4) is 0 Å². The molecule has 1 aliphatic rings. The molecule has 2 rings (SSSR count). The number of rotatable bonds is 5. The zero-order valence-corrected chi connectivity index (χ0v) is 12.8. The van der Waals surface area contributed by atoms with Crippen LogP contribution in [-0.4, -0.2) is 26.6 Å². The summed E-state index contributed by atoms with van der Waals surface area (Å²) in [6.07, 6.45) is 3.04. The fraction of sp³-hybridized carbons (Fsp3) is 0.500. The van der Waals surface area contributed by atoms with Crippen molar-refractivity contribution in [1.29, 1.82) is 0 Å². The van der Waals surface area contributed by atoms with E-state index in [1.807, 2.05) is 25.2 Å². The minimum Gasteiger partial charge on any atom is -0.496 e. The molecular formula is C14H19BrN2O2. The summed E-state index contributed by atoms with van der Waals surface area (Å²) < 4.78 is 6.01. The van der Waals surface area contributed by atoms with Gasteiger partial charge in [0.05, 0.1) is 17.0 Å². The van der Waals surface area contributed by atoms with E-state index in [0.29, 0.717) is 0 Å². The highest BCUT2D eigenvalue weighted by atomic mass is 79.9. The highest BCUT2D eigenvalue weighted by molar-refractivity contribution is 9.10. The SMILES string of the molecule is CNCC1(C(=O)Nc2ccc(OC)c(Br)c2)CCC1. The van der Waals surface area contributed by atoms with Crippen LogP contribution in [0.2, 0.25) is 0 Å². The minimum atomic E-state index is -0.235. The van der Waals surface area contributed by atoms with E-state index in [4.69, 9.17) is 4.74 Å². The molecule has 1 amide bonds. The van der Waals surface area contributed by atoms with Gasteiger partial charge in [0.1, 0.15) is 5.75 Å². The van der Waals surface area contributed by atoms with Gasteiger partial charge in [-0.05, 0) is 54.0 Å². The van der Waals surface area contributed by atoms with Crippen LogP contribution in [0.25, 0.3) is 0 Å². The lowest BCUT2D eigenvalue weighted by Gasteiger charge is -2.40. The van der Waals surface area contributed by atoms with Gasteiger partial charge in [0.25, 0.3) is 0 Å². The molecule has 104 valence electrons. The van der Waals surface area contributed by atoms with Crippen molar-refractivity contribution >= 4 is 27.5 Å². The van der Waals surface area contributed by atoms with E-state index < -0.39 is 0 Å². The van der Waals surface area contributed by atoms with Crippen LogP contribution in [0, 0.1) is 5.41 Å². The van der Waals surface area contributed by atoms with Crippen LogP contribution >= 0.6 is 15.9 Å². The summed E-state index contributed by atoms with van der Waals surface area (Å²) in [5.74, 6) is 0.858. The Bertz CT molecular complexity index is 473. The molecule has 1 saturated carbocycles. The fourth-order valence-electron chi connectivity index (χ4n) is 2.43. The second kappa shape index (κ2) is 5.92. The smallest absolute Gasteiger partial charge is 0.231 e. The summed E-state index contributed by atoms with van der Waals surface area (Å²) in [6, 6.07) is 5.56. The topological polar surface area (TPSA) is 50.4 Å². The molecular weight excluding hydrogens is 308 g/mol. The number of hydrogen-bond acceptors (Lipinski definition) is 3. The molecule has 4 nitrogen and oxygen atoms in total. The van der Waals surface area contributed by atoms with E-state index in [2.05, 4.69) is 26.6 Å². The van der Waals surface area contributed by atoms with Crippen molar-refractivity contribution < 1.29 is 9.53 Å². The van der Waals surface area contributed by atoms with Gasteiger partial charge in [-0.25, -0.2) is 0 Å². The number of nitrogens with one attached hydrogen (secondary N) is 2. The largest absolute Gasteiger partial charge is 0.496 e. The molecule has 2 N–H and O–H groups in total. The Morgan fingerprint density at radius 3 is 2.68 bits per heavy atom. The van der Waals surface area contributed by atoms with Crippen molar-refractivity contribution in [3.8, 4) is 5.75 Å². The van der Waals surface area contributed by atoms with Gasteiger partial charge >= 0.3 is 0 Å². The molecule has 19 heavy (non-hydrogen) atoms. The van der Waals surface area contributed by atoms with E-state index in [-0.39, 0.29) is 11.3 Å². The molecule has 1 aromatic rings. The van der Waals surface area contributed by atoms with Crippen LogP contribution < -0.4 is 15.4 Å².